The van der Waals surface area contributed by atoms with Crippen molar-refractivity contribution >= 4 is 11.6 Å². The third-order valence-corrected chi connectivity index (χ3v) is 3.59. The Balaban J connectivity index is 1.83. The summed E-state index contributed by atoms with van der Waals surface area (Å²) >= 11 is 0. The maximum Gasteiger partial charge on any atom is 0.251 e. The summed E-state index contributed by atoms with van der Waals surface area (Å²) in [5, 5.41) is 3.01. The van der Waals surface area contributed by atoms with E-state index in [1.165, 1.54) is 12.8 Å². The number of benzene rings is 1. The molecule has 0 bridgehead atoms. The molecule has 4 N–H and O–H groups in total. The molecule has 0 spiro atoms. The smallest absolute Gasteiger partial charge is 0.251 e. The molecule has 1 amide bonds. The molecule has 5 heteroatoms. The highest BCUT2D eigenvalue weighted by atomic mass is 16.1. The summed E-state index contributed by atoms with van der Waals surface area (Å²) in [5.41, 5.74) is 4.01. The number of carbonyl (C=O) groups is 1. The van der Waals surface area contributed by atoms with E-state index >= 15 is 0 Å². The number of nitrogens with two attached hydrogens (primary N) is 1. The van der Waals surface area contributed by atoms with E-state index in [0.717, 1.165) is 25.3 Å². The van der Waals surface area contributed by atoms with Crippen molar-refractivity contribution in [2.75, 3.05) is 32.1 Å². The highest BCUT2D eigenvalue weighted by Gasteiger charge is 2.17. The average molecular weight is 262 g/mol. The van der Waals surface area contributed by atoms with Gasteiger partial charge in [-0.3, -0.25) is 10.6 Å². The molecule has 0 saturated carbocycles. The van der Waals surface area contributed by atoms with Crippen LogP contribution < -0.4 is 16.6 Å². The first-order valence-corrected chi connectivity index (χ1v) is 6.72. The van der Waals surface area contributed by atoms with Crippen LogP contribution in [0.3, 0.4) is 0 Å². The van der Waals surface area contributed by atoms with Crippen LogP contribution in [0.15, 0.2) is 24.3 Å². The second-order valence-electron chi connectivity index (χ2n) is 5.20. The lowest BCUT2D eigenvalue weighted by molar-refractivity contribution is 0.0937. The van der Waals surface area contributed by atoms with Crippen molar-refractivity contribution in [1.29, 1.82) is 0 Å². The zero-order valence-electron chi connectivity index (χ0n) is 11.4. The Morgan fingerprint density at radius 3 is 2.79 bits per heavy atom. The summed E-state index contributed by atoms with van der Waals surface area (Å²) in [6.07, 6.45) is 2.41. The van der Waals surface area contributed by atoms with E-state index in [9.17, 15) is 4.79 Å². The van der Waals surface area contributed by atoms with Gasteiger partial charge in [-0.05, 0) is 56.6 Å². The first kappa shape index (κ1) is 13.8. The van der Waals surface area contributed by atoms with Gasteiger partial charge in [-0.2, -0.15) is 0 Å². The second kappa shape index (κ2) is 6.54. The zero-order valence-corrected chi connectivity index (χ0v) is 11.4. The first-order valence-electron chi connectivity index (χ1n) is 6.72. The number of hydrazine groups is 1. The molecule has 19 heavy (non-hydrogen) atoms. The zero-order chi connectivity index (χ0) is 13.7. The Hall–Kier alpha value is -1.59. The van der Waals surface area contributed by atoms with Crippen LogP contribution in [-0.4, -0.2) is 37.5 Å². The van der Waals surface area contributed by atoms with E-state index in [2.05, 4.69) is 22.7 Å². The minimum Gasteiger partial charge on any atom is -0.352 e. The number of nitrogens with one attached hydrogen (secondary N) is 2. The fourth-order valence-corrected chi connectivity index (χ4v) is 2.50. The van der Waals surface area contributed by atoms with Crippen LogP contribution in [0.1, 0.15) is 23.2 Å². The van der Waals surface area contributed by atoms with Gasteiger partial charge in [0.15, 0.2) is 0 Å². The van der Waals surface area contributed by atoms with Gasteiger partial charge in [-0.15, -0.1) is 0 Å². The number of nitrogen functional groups attached to an aromatic ring is 1. The Morgan fingerprint density at radius 1 is 1.42 bits per heavy atom. The topological polar surface area (TPSA) is 70.4 Å². The van der Waals surface area contributed by atoms with Gasteiger partial charge in [0.1, 0.15) is 0 Å². The lowest BCUT2D eigenvalue weighted by atomic mass is 9.98. The maximum atomic E-state index is 12.0. The Kier molecular flexibility index (Phi) is 4.76. The van der Waals surface area contributed by atoms with Crippen LogP contribution >= 0.6 is 0 Å². The number of rotatable bonds is 4. The number of hydrogen-bond acceptors (Lipinski definition) is 4. The molecule has 1 heterocycles. The summed E-state index contributed by atoms with van der Waals surface area (Å²) in [7, 11) is 2.13. The summed E-state index contributed by atoms with van der Waals surface area (Å²) in [6.45, 7) is 2.98. The molecule has 0 aromatic heterocycles. The molecule has 5 nitrogen and oxygen atoms in total. The molecule has 0 radical (unpaired) electrons. The lowest BCUT2D eigenvalue weighted by Crippen LogP contribution is -2.39. The predicted octanol–water partition coefficient (Wildman–Crippen LogP) is 1.04. The highest BCUT2D eigenvalue weighted by molar-refractivity contribution is 5.94. The minimum atomic E-state index is -0.0169. The summed E-state index contributed by atoms with van der Waals surface area (Å²) in [6, 6.07) is 7.14. The van der Waals surface area contributed by atoms with E-state index in [4.69, 9.17) is 5.84 Å². The van der Waals surface area contributed by atoms with E-state index < -0.39 is 0 Å². The molecule has 104 valence electrons. The van der Waals surface area contributed by atoms with Crippen molar-refractivity contribution < 1.29 is 4.79 Å². The van der Waals surface area contributed by atoms with Crippen molar-refractivity contribution in [3.8, 4) is 0 Å². The highest BCUT2D eigenvalue weighted by Crippen LogP contribution is 2.14. The Morgan fingerprint density at radius 2 is 2.16 bits per heavy atom. The van der Waals surface area contributed by atoms with Crippen molar-refractivity contribution in [2.45, 2.75) is 12.8 Å². The van der Waals surface area contributed by atoms with Gasteiger partial charge in [0, 0.05) is 24.3 Å². The number of likely N-dealkylation sites (tertiary alicyclic amines) is 1. The van der Waals surface area contributed by atoms with Gasteiger partial charge >= 0.3 is 0 Å². The number of piperidine rings is 1. The first-order chi connectivity index (χ1) is 9.19. The Bertz CT molecular complexity index is 418. The number of carbonyl (C=O) groups excluding carboxylic acids is 1. The third-order valence-electron chi connectivity index (χ3n) is 3.59. The molecule has 1 saturated heterocycles. The van der Waals surface area contributed by atoms with Crippen LogP contribution in [0.2, 0.25) is 0 Å². The van der Waals surface area contributed by atoms with Gasteiger partial charge in [-0.1, -0.05) is 0 Å². The van der Waals surface area contributed by atoms with Crippen LogP contribution in [0.5, 0.6) is 0 Å². The van der Waals surface area contributed by atoms with Crippen LogP contribution in [0, 0.1) is 5.92 Å². The SMILES string of the molecule is CN1CCCC(CNC(=O)c2ccc(NN)cc2)C1. The summed E-state index contributed by atoms with van der Waals surface area (Å²) in [5.74, 6) is 5.84. The van der Waals surface area contributed by atoms with E-state index in [1.54, 1.807) is 24.3 Å². The predicted molar refractivity (Wildman–Crippen MR) is 76.8 cm³/mol. The standard InChI is InChI=1S/C14H22N4O/c1-18-8-2-3-11(10-18)9-16-14(19)12-4-6-13(17-15)7-5-12/h4-7,11,17H,2-3,8-10,15H2,1H3,(H,16,19). The van der Waals surface area contributed by atoms with Crippen LogP contribution in [0.25, 0.3) is 0 Å². The van der Waals surface area contributed by atoms with Crippen LogP contribution in [0.4, 0.5) is 5.69 Å². The maximum absolute atomic E-state index is 12.0. The van der Waals surface area contributed by atoms with E-state index in [-0.39, 0.29) is 5.91 Å². The molecule has 1 aromatic rings. The fourth-order valence-electron chi connectivity index (χ4n) is 2.50. The molecule has 0 aliphatic carbocycles. The average Bonchev–Trinajstić information content (AvgIpc) is 2.45. The van der Waals surface area contributed by atoms with Crippen molar-refractivity contribution in [3.05, 3.63) is 29.8 Å². The number of hydrogen-bond donors (Lipinski definition) is 3. The van der Waals surface area contributed by atoms with Crippen molar-refractivity contribution in [3.63, 3.8) is 0 Å². The summed E-state index contributed by atoms with van der Waals surface area (Å²) in [4.78, 5) is 14.3. The molecule has 1 aliphatic rings. The molecule has 1 atom stereocenters. The molecule has 1 aromatic carbocycles. The summed E-state index contributed by atoms with van der Waals surface area (Å²) < 4.78 is 0. The molecule has 1 aliphatic heterocycles. The van der Waals surface area contributed by atoms with Gasteiger partial charge < -0.3 is 15.6 Å². The molecule has 2 rings (SSSR count). The molecular formula is C14H22N4O. The van der Waals surface area contributed by atoms with Gasteiger partial charge in [0.2, 0.25) is 0 Å². The second-order valence-corrected chi connectivity index (χ2v) is 5.20. The lowest BCUT2D eigenvalue weighted by Gasteiger charge is -2.29. The van der Waals surface area contributed by atoms with E-state index in [0.29, 0.717) is 11.5 Å². The third kappa shape index (κ3) is 3.94. The van der Waals surface area contributed by atoms with Crippen molar-refractivity contribution in [2.24, 2.45) is 11.8 Å². The quantitative estimate of drug-likeness (QED) is 0.560. The number of nitrogens with zero attached hydrogens (tertiary/aromatic N) is 1. The fraction of sp³-hybridized carbons (Fsp3) is 0.500. The molecule has 1 unspecified atom stereocenters. The normalized spacial score (nSPS) is 20.0. The minimum absolute atomic E-state index is 0.0169. The largest absolute Gasteiger partial charge is 0.352 e. The number of anilines is 1. The van der Waals surface area contributed by atoms with Gasteiger partial charge in [0.05, 0.1) is 0 Å². The number of amides is 1. The Labute approximate surface area is 114 Å². The van der Waals surface area contributed by atoms with E-state index in [1.807, 2.05) is 0 Å². The molecular weight excluding hydrogens is 240 g/mol. The van der Waals surface area contributed by atoms with Crippen molar-refractivity contribution in [1.82, 2.24) is 10.2 Å². The van der Waals surface area contributed by atoms with Gasteiger partial charge in [-0.25, -0.2) is 0 Å². The van der Waals surface area contributed by atoms with Gasteiger partial charge in [0.25, 0.3) is 5.91 Å². The van der Waals surface area contributed by atoms with Crippen LogP contribution in [-0.2, 0) is 0 Å². The monoisotopic (exact) mass is 262 g/mol. The molecule has 1 fully saturated rings.